The second kappa shape index (κ2) is 21.7. The predicted molar refractivity (Wildman–Crippen MR) is 95.8 cm³/mol. The summed E-state index contributed by atoms with van der Waals surface area (Å²) in [5, 5.41) is 17.9. The first kappa shape index (κ1) is 25.0. The summed E-state index contributed by atoms with van der Waals surface area (Å²) in [5.74, 6) is 0. The Hall–Kier alpha value is -1.28. The standard InChI is InChI=1S/2C9H16O3/c1-3-6-11-8-5-9(10)12-7-4-2;1-3-5-11-8-9(7-10)12-6-4-2/h2*3-4,9-10H,1-2,5-8H2. The lowest BCUT2D eigenvalue weighted by atomic mass is 10.4. The van der Waals surface area contributed by atoms with E-state index in [-0.39, 0.29) is 12.7 Å². The Balaban J connectivity index is 0. The molecule has 0 saturated carbocycles. The molecule has 0 aromatic heterocycles. The van der Waals surface area contributed by atoms with Gasteiger partial charge in [0.05, 0.1) is 46.2 Å². The van der Waals surface area contributed by atoms with E-state index in [1.807, 2.05) is 0 Å². The van der Waals surface area contributed by atoms with E-state index in [9.17, 15) is 0 Å². The quantitative estimate of drug-likeness (QED) is 0.253. The van der Waals surface area contributed by atoms with Crippen molar-refractivity contribution in [3.63, 3.8) is 0 Å². The molecule has 0 fully saturated rings. The van der Waals surface area contributed by atoms with E-state index < -0.39 is 6.29 Å². The molecule has 0 amide bonds. The molecule has 0 radical (unpaired) electrons. The minimum atomic E-state index is -0.757. The molecule has 0 aromatic rings. The third-order valence-corrected chi connectivity index (χ3v) is 2.34. The number of aliphatic hydroxyl groups is 2. The number of rotatable bonds is 16. The second-order valence-corrected chi connectivity index (χ2v) is 4.48. The Morgan fingerprint density at radius 2 is 1.33 bits per heavy atom. The van der Waals surface area contributed by atoms with E-state index in [2.05, 4.69) is 26.3 Å². The maximum absolute atomic E-state index is 9.10. The van der Waals surface area contributed by atoms with Crippen LogP contribution in [0, 0.1) is 0 Å². The Kier molecular flexibility index (Phi) is 22.6. The van der Waals surface area contributed by atoms with Crippen molar-refractivity contribution >= 4 is 0 Å². The Bertz CT molecular complexity index is 306. The van der Waals surface area contributed by atoms with Gasteiger partial charge in [0.25, 0.3) is 0 Å². The zero-order valence-electron chi connectivity index (χ0n) is 14.5. The van der Waals surface area contributed by atoms with Crippen molar-refractivity contribution in [1.82, 2.24) is 0 Å². The molecule has 6 nitrogen and oxygen atoms in total. The van der Waals surface area contributed by atoms with Crippen LogP contribution in [0.3, 0.4) is 0 Å². The summed E-state index contributed by atoms with van der Waals surface area (Å²) in [6.07, 6.45) is 6.00. The molecule has 6 heteroatoms. The molecule has 0 aliphatic rings. The van der Waals surface area contributed by atoms with Crippen molar-refractivity contribution in [2.75, 3.05) is 46.2 Å². The van der Waals surface area contributed by atoms with Gasteiger partial charge in [-0.15, -0.1) is 26.3 Å². The molecule has 0 spiro atoms. The lowest BCUT2D eigenvalue weighted by Gasteiger charge is -2.13. The zero-order chi connectivity index (χ0) is 18.5. The van der Waals surface area contributed by atoms with E-state index in [0.29, 0.717) is 46.1 Å². The van der Waals surface area contributed by atoms with Crippen LogP contribution >= 0.6 is 0 Å². The summed E-state index contributed by atoms with van der Waals surface area (Å²) in [5.41, 5.74) is 0. The van der Waals surface area contributed by atoms with Gasteiger partial charge in [-0.3, -0.25) is 0 Å². The number of aliphatic hydroxyl groups excluding tert-OH is 2. The van der Waals surface area contributed by atoms with Crippen LogP contribution in [0.2, 0.25) is 0 Å². The highest BCUT2D eigenvalue weighted by Crippen LogP contribution is 1.95. The van der Waals surface area contributed by atoms with Gasteiger partial charge in [0, 0.05) is 6.42 Å². The van der Waals surface area contributed by atoms with Crippen molar-refractivity contribution in [1.29, 1.82) is 0 Å². The van der Waals surface area contributed by atoms with Gasteiger partial charge in [-0.05, 0) is 0 Å². The first-order valence-electron chi connectivity index (χ1n) is 7.77. The van der Waals surface area contributed by atoms with E-state index in [1.54, 1.807) is 24.3 Å². The van der Waals surface area contributed by atoms with E-state index in [4.69, 9.17) is 29.2 Å². The van der Waals surface area contributed by atoms with E-state index in [1.165, 1.54) is 0 Å². The minimum absolute atomic E-state index is 0.0367. The maximum Gasteiger partial charge on any atom is 0.157 e. The normalized spacial score (nSPS) is 12.4. The average molecular weight is 344 g/mol. The van der Waals surface area contributed by atoms with Crippen LogP contribution in [0.15, 0.2) is 50.6 Å². The Morgan fingerprint density at radius 1 is 0.792 bits per heavy atom. The highest BCUT2D eigenvalue weighted by Gasteiger charge is 2.05. The molecular formula is C18H32O6. The monoisotopic (exact) mass is 344 g/mol. The SMILES string of the molecule is C=CCOCC(CO)OCC=C.C=CCOCCC(O)OCC=C. The smallest absolute Gasteiger partial charge is 0.157 e. The fraction of sp³-hybridized carbons (Fsp3) is 0.556. The molecule has 0 aliphatic heterocycles. The lowest BCUT2D eigenvalue weighted by molar-refractivity contribution is -0.102. The summed E-state index contributed by atoms with van der Waals surface area (Å²) >= 11 is 0. The van der Waals surface area contributed by atoms with Crippen LogP contribution in [0.1, 0.15) is 6.42 Å². The Morgan fingerprint density at radius 3 is 1.88 bits per heavy atom. The summed E-state index contributed by atoms with van der Waals surface area (Å²) < 4.78 is 20.2. The Labute approximate surface area is 145 Å². The van der Waals surface area contributed by atoms with Gasteiger partial charge in [-0.25, -0.2) is 0 Å². The highest BCUT2D eigenvalue weighted by molar-refractivity contribution is 4.68. The highest BCUT2D eigenvalue weighted by atomic mass is 16.6. The van der Waals surface area contributed by atoms with Crippen LogP contribution in [0.4, 0.5) is 0 Å². The van der Waals surface area contributed by atoms with Gasteiger partial charge in [-0.1, -0.05) is 24.3 Å². The fourth-order valence-corrected chi connectivity index (χ4v) is 1.25. The van der Waals surface area contributed by atoms with Crippen molar-refractivity contribution in [3.05, 3.63) is 50.6 Å². The van der Waals surface area contributed by atoms with Gasteiger partial charge in [-0.2, -0.15) is 0 Å². The van der Waals surface area contributed by atoms with Crippen LogP contribution < -0.4 is 0 Å². The molecule has 140 valence electrons. The topological polar surface area (TPSA) is 77.4 Å². The first-order chi connectivity index (χ1) is 11.7. The van der Waals surface area contributed by atoms with Crippen LogP contribution in [0.5, 0.6) is 0 Å². The number of hydrogen-bond donors (Lipinski definition) is 2. The van der Waals surface area contributed by atoms with Crippen molar-refractivity contribution < 1.29 is 29.2 Å². The number of hydrogen-bond acceptors (Lipinski definition) is 6. The molecule has 2 atom stereocenters. The fourth-order valence-electron chi connectivity index (χ4n) is 1.25. The molecule has 0 aromatic carbocycles. The third-order valence-electron chi connectivity index (χ3n) is 2.34. The maximum atomic E-state index is 9.10. The van der Waals surface area contributed by atoms with E-state index >= 15 is 0 Å². The van der Waals surface area contributed by atoms with Gasteiger partial charge in [0.1, 0.15) is 6.10 Å². The summed E-state index contributed by atoms with van der Waals surface area (Å²) in [6.45, 7) is 16.6. The van der Waals surface area contributed by atoms with Gasteiger partial charge in [0.2, 0.25) is 0 Å². The molecule has 0 aliphatic carbocycles. The largest absolute Gasteiger partial charge is 0.394 e. The van der Waals surface area contributed by atoms with Crippen molar-refractivity contribution in [2.45, 2.75) is 18.8 Å². The van der Waals surface area contributed by atoms with Gasteiger partial charge < -0.3 is 29.2 Å². The molecular weight excluding hydrogens is 312 g/mol. The van der Waals surface area contributed by atoms with Gasteiger partial charge in [0.15, 0.2) is 6.29 Å². The predicted octanol–water partition coefficient (Wildman–Crippen LogP) is 1.85. The van der Waals surface area contributed by atoms with Crippen molar-refractivity contribution in [3.8, 4) is 0 Å². The summed E-state index contributed by atoms with van der Waals surface area (Å²) in [6, 6.07) is 0. The third kappa shape index (κ3) is 20.7. The summed E-state index contributed by atoms with van der Waals surface area (Å²) in [4.78, 5) is 0. The molecule has 0 rings (SSSR count). The number of ether oxygens (including phenoxy) is 4. The average Bonchev–Trinajstić information content (AvgIpc) is 2.60. The van der Waals surface area contributed by atoms with E-state index in [0.717, 1.165) is 0 Å². The zero-order valence-corrected chi connectivity index (χ0v) is 14.5. The van der Waals surface area contributed by atoms with Crippen molar-refractivity contribution in [2.24, 2.45) is 0 Å². The van der Waals surface area contributed by atoms with Gasteiger partial charge >= 0.3 is 0 Å². The second-order valence-electron chi connectivity index (χ2n) is 4.48. The van der Waals surface area contributed by atoms with Crippen LogP contribution in [0.25, 0.3) is 0 Å². The van der Waals surface area contributed by atoms with Crippen LogP contribution in [-0.2, 0) is 18.9 Å². The molecule has 2 unspecified atom stereocenters. The molecule has 0 bridgehead atoms. The first-order valence-corrected chi connectivity index (χ1v) is 7.77. The summed E-state index contributed by atoms with van der Waals surface area (Å²) in [7, 11) is 0. The molecule has 0 saturated heterocycles. The molecule has 0 heterocycles. The minimum Gasteiger partial charge on any atom is -0.394 e. The molecule has 24 heavy (non-hydrogen) atoms. The van der Waals surface area contributed by atoms with Crippen LogP contribution in [-0.4, -0.2) is 68.9 Å². The molecule has 2 N–H and O–H groups in total. The lowest BCUT2D eigenvalue weighted by Crippen LogP contribution is -2.24.